The number of piperidine rings is 1. The van der Waals surface area contributed by atoms with Crippen molar-refractivity contribution in [3.05, 3.63) is 82.9 Å². The molecular weight excluding hydrogens is 642 g/mol. The summed E-state index contributed by atoms with van der Waals surface area (Å²) in [5.74, 6) is -0.118. The van der Waals surface area contributed by atoms with Crippen molar-refractivity contribution >= 4 is 43.3 Å². The van der Waals surface area contributed by atoms with Gasteiger partial charge in [0, 0.05) is 47.6 Å². The molecule has 4 atom stereocenters. The van der Waals surface area contributed by atoms with Crippen molar-refractivity contribution in [1.29, 1.82) is 0 Å². The van der Waals surface area contributed by atoms with Crippen LogP contribution >= 0.6 is 11.6 Å². The fraction of sp³-hybridized carbons (Fsp3) is 0.474. The molecule has 0 aliphatic carbocycles. The number of hydrogen-bond donors (Lipinski definition) is 2. The number of benzene rings is 3. The minimum absolute atomic E-state index is 0.109. The molecule has 3 fully saturated rings. The number of anilines is 2. The molecule has 0 saturated carbocycles. The van der Waals surface area contributed by atoms with Crippen LogP contribution in [-0.4, -0.2) is 62.2 Å². The topological polar surface area (TPSA) is 92.4 Å². The Morgan fingerprint density at radius 1 is 0.979 bits per heavy atom. The van der Waals surface area contributed by atoms with Gasteiger partial charge in [0.2, 0.25) is 5.91 Å². The molecule has 3 aromatic rings. The zero-order chi connectivity index (χ0) is 34.2. The average Bonchev–Trinajstić information content (AvgIpc) is 3.80. The highest BCUT2D eigenvalue weighted by Gasteiger charge is 2.63. The van der Waals surface area contributed by atoms with Gasteiger partial charge in [0.1, 0.15) is 18.3 Å². The molecule has 2 N–H and O–H groups in total. The van der Waals surface area contributed by atoms with Gasteiger partial charge in [-0.1, -0.05) is 87.8 Å². The molecule has 4 unspecified atom stereocenters. The number of halogens is 1. The Balaban J connectivity index is 1.07. The van der Waals surface area contributed by atoms with Gasteiger partial charge in [-0.05, 0) is 66.0 Å². The van der Waals surface area contributed by atoms with Crippen molar-refractivity contribution in [2.75, 3.05) is 17.2 Å². The van der Waals surface area contributed by atoms with E-state index in [2.05, 4.69) is 56.3 Å². The highest BCUT2D eigenvalue weighted by molar-refractivity contribution is 6.74. The third kappa shape index (κ3) is 7.66. The molecule has 2 amide bonds. The third-order valence-electron chi connectivity index (χ3n) is 10.6. The van der Waals surface area contributed by atoms with Crippen molar-refractivity contribution in [2.24, 2.45) is 0 Å². The molecule has 256 valence electrons. The van der Waals surface area contributed by atoms with E-state index in [0.717, 1.165) is 41.6 Å². The molecule has 6 rings (SSSR count). The molecule has 0 radical (unpaired) electrons. The summed E-state index contributed by atoms with van der Waals surface area (Å²) < 4.78 is 18.2. The number of hydrogen-bond acceptors (Lipinski definition) is 6. The monoisotopic (exact) mass is 689 g/mol. The van der Waals surface area contributed by atoms with Crippen LogP contribution in [0.15, 0.2) is 66.7 Å². The van der Waals surface area contributed by atoms with Gasteiger partial charge in [0.05, 0.1) is 12.3 Å². The molecule has 48 heavy (non-hydrogen) atoms. The summed E-state index contributed by atoms with van der Waals surface area (Å²) in [6, 6.07) is 22.1. The van der Waals surface area contributed by atoms with Crippen LogP contribution in [0.25, 0.3) is 11.1 Å². The Morgan fingerprint density at radius 2 is 1.69 bits per heavy atom. The average molecular weight is 690 g/mol. The van der Waals surface area contributed by atoms with Crippen LogP contribution in [-0.2, 0) is 31.7 Å². The van der Waals surface area contributed by atoms with Crippen molar-refractivity contribution in [1.82, 2.24) is 4.90 Å². The SMILES string of the molecule is CCN1C2CC(OC(=O)Nc3cc(CCC(=O)Nc4ccc(CO[Si](C)(C)C(C)(C)C)c(Cl)c4)ccc3-c3ccccc3)CC1C1OC12. The van der Waals surface area contributed by atoms with Crippen molar-refractivity contribution in [3.8, 4) is 11.1 Å². The summed E-state index contributed by atoms with van der Waals surface area (Å²) in [5, 5.41) is 6.68. The van der Waals surface area contributed by atoms with Gasteiger partial charge in [-0.3, -0.25) is 15.0 Å². The number of carbonyl (C=O) groups is 2. The smallest absolute Gasteiger partial charge is 0.411 e. The van der Waals surface area contributed by atoms with Gasteiger partial charge in [-0.25, -0.2) is 4.79 Å². The highest BCUT2D eigenvalue weighted by Crippen LogP contribution is 2.48. The number of likely N-dealkylation sites (N-methyl/N-ethyl adjacent to an activating group) is 1. The lowest BCUT2D eigenvalue weighted by atomic mass is 9.98. The maximum Gasteiger partial charge on any atom is 0.411 e. The number of fused-ring (bicyclic) bond motifs is 5. The van der Waals surface area contributed by atoms with E-state index in [1.807, 2.05) is 60.7 Å². The van der Waals surface area contributed by atoms with Crippen molar-refractivity contribution in [2.45, 2.75) is 109 Å². The summed E-state index contributed by atoms with van der Waals surface area (Å²) >= 11 is 6.59. The lowest BCUT2D eigenvalue weighted by molar-refractivity contribution is -0.116. The maximum atomic E-state index is 13.2. The number of epoxide rings is 1. The van der Waals surface area contributed by atoms with Gasteiger partial charge in [0.25, 0.3) is 0 Å². The fourth-order valence-electron chi connectivity index (χ4n) is 6.83. The summed E-state index contributed by atoms with van der Waals surface area (Å²) in [4.78, 5) is 28.7. The molecular formula is C38H48ClN3O5Si. The van der Waals surface area contributed by atoms with Gasteiger partial charge >= 0.3 is 6.09 Å². The number of ether oxygens (including phenoxy) is 2. The first kappa shape index (κ1) is 34.6. The predicted octanol–water partition coefficient (Wildman–Crippen LogP) is 8.65. The number of aryl methyl sites for hydroxylation is 1. The second-order valence-corrected chi connectivity index (χ2v) is 20.0. The summed E-state index contributed by atoms with van der Waals surface area (Å²) in [7, 11) is -1.91. The Labute approximate surface area is 290 Å². The second-order valence-electron chi connectivity index (χ2n) is 14.8. The van der Waals surface area contributed by atoms with Gasteiger partial charge in [-0.15, -0.1) is 0 Å². The first-order valence-corrected chi connectivity index (χ1v) is 20.4. The maximum absolute atomic E-state index is 13.2. The molecule has 3 aromatic carbocycles. The molecule has 2 bridgehead atoms. The van der Waals surface area contributed by atoms with Crippen LogP contribution in [0.4, 0.5) is 16.2 Å². The van der Waals surface area contributed by atoms with E-state index in [1.54, 1.807) is 6.07 Å². The molecule has 10 heteroatoms. The number of rotatable bonds is 11. The molecule has 3 heterocycles. The fourth-order valence-corrected chi connectivity index (χ4v) is 8.01. The first-order valence-electron chi connectivity index (χ1n) is 17.1. The van der Waals surface area contributed by atoms with E-state index in [-0.39, 0.29) is 35.7 Å². The molecule has 0 aromatic heterocycles. The van der Waals surface area contributed by atoms with Crippen LogP contribution in [0.1, 0.15) is 58.1 Å². The van der Waals surface area contributed by atoms with E-state index in [4.69, 9.17) is 25.5 Å². The van der Waals surface area contributed by atoms with Crippen LogP contribution in [0.2, 0.25) is 23.2 Å². The first-order chi connectivity index (χ1) is 22.8. The highest BCUT2D eigenvalue weighted by atomic mass is 35.5. The van der Waals surface area contributed by atoms with Crippen molar-refractivity contribution in [3.63, 3.8) is 0 Å². The van der Waals surface area contributed by atoms with Crippen LogP contribution in [0.5, 0.6) is 0 Å². The molecule has 0 spiro atoms. The third-order valence-corrected chi connectivity index (χ3v) is 15.4. The quantitative estimate of drug-likeness (QED) is 0.155. The summed E-state index contributed by atoms with van der Waals surface area (Å²) in [5.41, 5.74) is 5.02. The zero-order valence-electron chi connectivity index (χ0n) is 28.8. The van der Waals surface area contributed by atoms with Crippen LogP contribution in [0.3, 0.4) is 0 Å². The minimum atomic E-state index is -1.91. The number of amides is 2. The number of nitrogens with zero attached hydrogens (tertiary/aromatic N) is 1. The van der Waals surface area contributed by atoms with E-state index >= 15 is 0 Å². The largest absolute Gasteiger partial charge is 0.446 e. The summed E-state index contributed by atoms with van der Waals surface area (Å²) in [6.07, 6.45) is 2.32. The number of carbonyl (C=O) groups excluding carboxylic acids is 2. The molecule has 3 aliphatic heterocycles. The number of morpholine rings is 1. The standard InChI is InChI=1S/C38H48ClN3O5Si/c1-7-42-32-21-28(22-33(42)36-35(32)47-36)46-37(44)41-31-19-24(13-17-29(31)25-11-9-8-10-12-25)14-18-34(43)40-27-16-15-26(30(39)20-27)23-45-48(5,6)38(2,3)4/h8-13,15-17,19-20,28,32-33,35-36H,7,14,18,21-23H2,1-6H3,(H,40,43)(H,41,44). The lowest BCUT2D eigenvalue weighted by Crippen LogP contribution is -2.50. The van der Waals surface area contributed by atoms with E-state index in [9.17, 15) is 9.59 Å². The van der Waals surface area contributed by atoms with Crippen LogP contribution < -0.4 is 10.6 Å². The zero-order valence-corrected chi connectivity index (χ0v) is 30.6. The van der Waals surface area contributed by atoms with E-state index < -0.39 is 14.4 Å². The van der Waals surface area contributed by atoms with Gasteiger partial charge in [0.15, 0.2) is 8.32 Å². The molecule has 3 aliphatic rings. The molecule has 8 nitrogen and oxygen atoms in total. The molecule has 3 saturated heterocycles. The van der Waals surface area contributed by atoms with E-state index in [0.29, 0.717) is 41.5 Å². The van der Waals surface area contributed by atoms with Crippen molar-refractivity contribution < 1.29 is 23.5 Å². The summed E-state index contributed by atoms with van der Waals surface area (Å²) in [6.45, 7) is 14.7. The predicted molar refractivity (Wildman–Crippen MR) is 194 cm³/mol. The lowest BCUT2D eigenvalue weighted by Gasteiger charge is -2.39. The van der Waals surface area contributed by atoms with Gasteiger partial charge < -0.3 is 19.2 Å². The Morgan fingerprint density at radius 3 is 2.33 bits per heavy atom. The number of nitrogens with one attached hydrogen (secondary N) is 2. The second kappa shape index (κ2) is 14.0. The van der Waals surface area contributed by atoms with E-state index in [1.165, 1.54) is 0 Å². The normalized spacial score (nSPS) is 23.4. The Bertz CT molecular complexity index is 1630. The van der Waals surface area contributed by atoms with Crippen LogP contribution in [0, 0.1) is 0 Å². The Kier molecular flexibility index (Phi) is 10.1. The minimum Gasteiger partial charge on any atom is -0.446 e. The van der Waals surface area contributed by atoms with Gasteiger partial charge in [-0.2, -0.15) is 0 Å². The Hall–Kier alpha value is -3.21.